The van der Waals surface area contributed by atoms with Gasteiger partial charge in [0, 0.05) is 10.6 Å². The highest BCUT2D eigenvalue weighted by molar-refractivity contribution is 6.49. The molecule has 0 spiro atoms. The summed E-state index contributed by atoms with van der Waals surface area (Å²) in [7, 11) is 3.25. The lowest BCUT2D eigenvalue weighted by Gasteiger charge is -2.11. The zero-order valence-corrected chi connectivity index (χ0v) is 10.5. The van der Waals surface area contributed by atoms with E-state index >= 15 is 0 Å². The highest BCUT2D eigenvalue weighted by atomic mass is 35.5. The van der Waals surface area contributed by atoms with Crippen LogP contribution in [0.15, 0.2) is 36.9 Å². The molecule has 0 unspecified atom stereocenters. The summed E-state index contributed by atoms with van der Waals surface area (Å²) in [6.07, 6.45) is 0. The van der Waals surface area contributed by atoms with Crippen LogP contribution in [0.4, 0.5) is 0 Å². The first-order valence-corrected chi connectivity index (χ1v) is 5.54. The monoisotopic (exact) mass is 248 g/mol. The normalized spacial score (nSPS) is 10.3. The molecule has 2 aromatic rings. The summed E-state index contributed by atoms with van der Waals surface area (Å²) >= 11 is 6.05. The second kappa shape index (κ2) is 4.68. The van der Waals surface area contributed by atoms with E-state index in [2.05, 4.69) is 6.58 Å². The van der Waals surface area contributed by atoms with Crippen LogP contribution >= 0.6 is 11.6 Å². The molecular weight excluding hydrogens is 236 g/mol. The highest BCUT2D eigenvalue weighted by Crippen LogP contribution is 2.36. The summed E-state index contributed by atoms with van der Waals surface area (Å²) < 4.78 is 10.5. The number of methoxy groups -OCH3 is 2. The maximum absolute atomic E-state index is 6.05. The summed E-state index contributed by atoms with van der Waals surface area (Å²) in [4.78, 5) is 0. The van der Waals surface area contributed by atoms with Gasteiger partial charge in [-0.05, 0) is 29.0 Å². The Morgan fingerprint density at radius 2 is 1.82 bits per heavy atom. The number of fused-ring (bicyclic) bond motifs is 1. The molecule has 0 fully saturated rings. The molecule has 2 aromatic carbocycles. The van der Waals surface area contributed by atoms with Crippen molar-refractivity contribution in [2.75, 3.05) is 14.2 Å². The van der Waals surface area contributed by atoms with Crippen LogP contribution in [-0.4, -0.2) is 14.2 Å². The second-order valence-electron chi connectivity index (χ2n) is 3.63. The Labute approximate surface area is 105 Å². The molecule has 0 heterocycles. The van der Waals surface area contributed by atoms with Crippen LogP contribution < -0.4 is 9.47 Å². The minimum atomic E-state index is 0.459. The van der Waals surface area contributed by atoms with Crippen LogP contribution in [0.2, 0.25) is 0 Å². The van der Waals surface area contributed by atoms with E-state index in [4.69, 9.17) is 21.1 Å². The quantitative estimate of drug-likeness (QED) is 0.815. The number of benzene rings is 2. The Hall–Kier alpha value is -1.67. The van der Waals surface area contributed by atoms with E-state index in [1.54, 1.807) is 14.2 Å². The minimum absolute atomic E-state index is 0.459. The first-order chi connectivity index (χ1) is 8.17. The molecule has 0 atom stereocenters. The molecular formula is C14H13ClO2. The fraction of sp³-hybridized carbons (Fsp3) is 0.143. The maximum atomic E-state index is 6.05. The number of halogens is 1. The number of hydrogen-bond acceptors (Lipinski definition) is 2. The van der Waals surface area contributed by atoms with Crippen molar-refractivity contribution in [1.29, 1.82) is 0 Å². The molecule has 0 amide bonds. The van der Waals surface area contributed by atoms with Gasteiger partial charge in [-0.2, -0.15) is 0 Å². The third-order valence-corrected chi connectivity index (χ3v) is 2.87. The van der Waals surface area contributed by atoms with Gasteiger partial charge < -0.3 is 9.47 Å². The molecule has 0 aliphatic heterocycles. The average molecular weight is 249 g/mol. The lowest BCUT2D eigenvalue weighted by atomic mass is 10.0. The van der Waals surface area contributed by atoms with Crippen molar-refractivity contribution in [1.82, 2.24) is 0 Å². The van der Waals surface area contributed by atoms with Gasteiger partial charge in [0.2, 0.25) is 0 Å². The van der Waals surface area contributed by atoms with Crippen LogP contribution in [0, 0.1) is 0 Å². The van der Waals surface area contributed by atoms with Crippen LogP contribution in [0.25, 0.3) is 15.8 Å². The van der Waals surface area contributed by atoms with Gasteiger partial charge >= 0.3 is 0 Å². The van der Waals surface area contributed by atoms with Crippen molar-refractivity contribution in [2.24, 2.45) is 0 Å². The Balaban J connectivity index is 2.81. The van der Waals surface area contributed by atoms with Crippen molar-refractivity contribution in [3.63, 3.8) is 0 Å². The Kier molecular flexibility index (Phi) is 3.25. The van der Waals surface area contributed by atoms with Crippen molar-refractivity contribution in [3.8, 4) is 11.5 Å². The molecule has 2 rings (SSSR count). The van der Waals surface area contributed by atoms with Crippen LogP contribution in [0.1, 0.15) is 5.56 Å². The van der Waals surface area contributed by atoms with Crippen molar-refractivity contribution < 1.29 is 9.47 Å². The molecule has 0 aliphatic rings. The smallest absolute Gasteiger partial charge is 0.128 e. The zero-order valence-electron chi connectivity index (χ0n) is 9.79. The summed E-state index contributed by atoms with van der Waals surface area (Å²) in [6.45, 7) is 3.78. The Morgan fingerprint density at radius 3 is 2.41 bits per heavy atom. The van der Waals surface area contributed by atoms with E-state index in [9.17, 15) is 0 Å². The zero-order chi connectivity index (χ0) is 12.4. The molecule has 17 heavy (non-hydrogen) atoms. The van der Waals surface area contributed by atoms with E-state index in [1.807, 2.05) is 30.3 Å². The minimum Gasteiger partial charge on any atom is -0.497 e. The van der Waals surface area contributed by atoms with Gasteiger partial charge in [-0.15, -0.1) is 0 Å². The molecule has 0 aromatic heterocycles. The molecule has 0 N–H and O–H groups in total. The van der Waals surface area contributed by atoms with Gasteiger partial charge in [-0.3, -0.25) is 0 Å². The standard InChI is InChI=1S/C14H13ClO2/c1-9(15)14-12-8-11(16-2)6-4-10(12)5-7-13(14)17-3/h4-8H,1H2,2-3H3. The summed E-state index contributed by atoms with van der Waals surface area (Å²) in [5.74, 6) is 1.50. The van der Waals surface area contributed by atoms with Gasteiger partial charge in [-0.25, -0.2) is 0 Å². The van der Waals surface area contributed by atoms with Crippen molar-refractivity contribution >= 4 is 27.4 Å². The first kappa shape index (κ1) is 11.8. The van der Waals surface area contributed by atoms with E-state index in [1.165, 1.54) is 0 Å². The molecule has 0 saturated carbocycles. The number of ether oxygens (including phenoxy) is 2. The highest BCUT2D eigenvalue weighted by Gasteiger charge is 2.10. The molecule has 2 nitrogen and oxygen atoms in total. The van der Waals surface area contributed by atoms with Crippen LogP contribution in [0.5, 0.6) is 11.5 Å². The summed E-state index contributed by atoms with van der Waals surface area (Å²) in [5, 5.41) is 2.51. The maximum Gasteiger partial charge on any atom is 0.128 e. The van der Waals surface area contributed by atoms with Crippen molar-refractivity contribution in [2.45, 2.75) is 0 Å². The third kappa shape index (κ3) is 2.08. The van der Waals surface area contributed by atoms with E-state index in [0.29, 0.717) is 10.8 Å². The van der Waals surface area contributed by atoms with E-state index in [0.717, 1.165) is 22.1 Å². The molecule has 0 saturated heterocycles. The van der Waals surface area contributed by atoms with Gasteiger partial charge in [0.25, 0.3) is 0 Å². The average Bonchev–Trinajstić information content (AvgIpc) is 2.36. The van der Waals surface area contributed by atoms with Gasteiger partial charge in [0.1, 0.15) is 11.5 Å². The van der Waals surface area contributed by atoms with Gasteiger partial charge in [0.15, 0.2) is 0 Å². The molecule has 3 heteroatoms. The fourth-order valence-electron chi connectivity index (χ4n) is 1.86. The van der Waals surface area contributed by atoms with E-state index in [-0.39, 0.29) is 0 Å². The lowest BCUT2D eigenvalue weighted by Crippen LogP contribution is -1.91. The van der Waals surface area contributed by atoms with Crippen LogP contribution in [-0.2, 0) is 0 Å². The SMILES string of the molecule is C=C(Cl)c1c(OC)ccc2ccc(OC)cc12. The Bertz CT molecular complexity index is 570. The van der Waals surface area contributed by atoms with Crippen molar-refractivity contribution in [3.05, 3.63) is 42.5 Å². The molecule has 0 radical (unpaired) electrons. The molecule has 0 aliphatic carbocycles. The summed E-state index contributed by atoms with van der Waals surface area (Å²) in [5.41, 5.74) is 0.811. The summed E-state index contributed by atoms with van der Waals surface area (Å²) in [6, 6.07) is 9.70. The predicted octanol–water partition coefficient (Wildman–Crippen LogP) is 4.07. The number of hydrogen-bond donors (Lipinski definition) is 0. The lowest BCUT2D eigenvalue weighted by molar-refractivity contribution is 0.413. The molecule has 88 valence electrons. The largest absolute Gasteiger partial charge is 0.497 e. The second-order valence-corrected chi connectivity index (χ2v) is 4.09. The van der Waals surface area contributed by atoms with Gasteiger partial charge in [0.05, 0.1) is 14.2 Å². The predicted molar refractivity (Wildman–Crippen MR) is 71.9 cm³/mol. The topological polar surface area (TPSA) is 18.5 Å². The number of rotatable bonds is 3. The van der Waals surface area contributed by atoms with E-state index < -0.39 is 0 Å². The first-order valence-electron chi connectivity index (χ1n) is 5.17. The fourth-order valence-corrected chi connectivity index (χ4v) is 2.05. The van der Waals surface area contributed by atoms with Crippen LogP contribution in [0.3, 0.4) is 0 Å². The van der Waals surface area contributed by atoms with Gasteiger partial charge in [-0.1, -0.05) is 30.3 Å². The Morgan fingerprint density at radius 1 is 1.12 bits per heavy atom. The third-order valence-electron chi connectivity index (χ3n) is 2.68. The molecule has 0 bridgehead atoms.